The number of carbonyl (C=O) groups is 1. The topological polar surface area (TPSA) is 49.3 Å². The van der Waals surface area contributed by atoms with Gasteiger partial charge in [-0.3, -0.25) is 4.79 Å². The summed E-state index contributed by atoms with van der Waals surface area (Å²) in [5.74, 6) is 0.144. The number of amides is 1. The third kappa shape index (κ3) is 4.52. The van der Waals surface area contributed by atoms with Gasteiger partial charge in [-0.25, -0.2) is 0 Å². The lowest BCUT2D eigenvalue weighted by Crippen LogP contribution is -2.37. The maximum absolute atomic E-state index is 11.9. The molecule has 0 aliphatic heterocycles. The van der Waals surface area contributed by atoms with Crippen LogP contribution in [0.4, 0.5) is 0 Å². The van der Waals surface area contributed by atoms with Crippen molar-refractivity contribution in [2.45, 2.75) is 31.8 Å². The van der Waals surface area contributed by atoms with E-state index in [2.05, 4.69) is 17.5 Å². The van der Waals surface area contributed by atoms with E-state index in [0.29, 0.717) is 13.0 Å². The largest absolute Gasteiger partial charge is 0.391 e. The molecule has 2 atom stereocenters. The highest BCUT2D eigenvalue weighted by atomic mass is 16.3. The van der Waals surface area contributed by atoms with Gasteiger partial charge in [0.25, 0.3) is 0 Å². The maximum atomic E-state index is 11.9. The summed E-state index contributed by atoms with van der Waals surface area (Å²) in [5.41, 5.74) is 1.09. The predicted octanol–water partition coefficient (Wildman–Crippen LogP) is 2.06. The van der Waals surface area contributed by atoms with Crippen LogP contribution in [-0.4, -0.2) is 23.7 Å². The van der Waals surface area contributed by atoms with E-state index < -0.39 is 6.10 Å². The summed E-state index contributed by atoms with van der Waals surface area (Å²) in [6, 6.07) is 9.83. The van der Waals surface area contributed by atoms with Crippen LogP contribution in [0.15, 0.2) is 42.5 Å². The van der Waals surface area contributed by atoms with Gasteiger partial charge in [0.15, 0.2) is 0 Å². The molecule has 1 aliphatic rings. The number of benzene rings is 1. The van der Waals surface area contributed by atoms with E-state index in [9.17, 15) is 9.90 Å². The third-order valence-electron chi connectivity index (χ3n) is 3.47. The molecule has 0 saturated heterocycles. The first kappa shape index (κ1) is 13.8. The molecule has 0 saturated carbocycles. The number of hydrogen-bond acceptors (Lipinski definition) is 2. The summed E-state index contributed by atoms with van der Waals surface area (Å²) in [6.45, 7) is 0.327. The van der Waals surface area contributed by atoms with E-state index in [1.807, 2.05) is 30.3 Å². The molecular weight excluding hydrogens is 238 g/mol. The Kier molecular flexibility index (Phi) is 5.16. The summed E-state index contributed by atoms with van der Waals surface area (Å²) >= 11 is 0. The molecule has 0 fully saturated rings. The molecule has 1 aliphatic carbocycles. The van der Waals surface area contributed by atoms with Gasteiger partial charge in [-0.15, -0.1) is 0 Å². The maximum Gasteiger partial charge on any atom is 0.223 e. The van der Waals surface area contributed by atoms with Gasteiger partial charge in [-0.05, 0) is 24.8 Å². The van der Waals surface area contributed by atoms with E-state index in [4.69, 9.17) is 0 Å². The second-order valence-electron chi connectivity index (χ2n) is 5.07. The number of hydrogen-bond donors (Lipinski definition) is 2. The minimum Gasteiger partial charge on any atom is -0.391 e. The van der Waals surface area contributed by atoms with E-state index in [-0.39, 0.29) is 11.8 Å². The normalized spacial score (nSPS) is 19.9. The molecule has 3 nitrogen and oxygen atoms in total. The zero-order valence-corrected chi connectivity index (χ0v) is 11.1. The van der Waals surface area contributed by atoms with E-state index in [1.165, 1.54) is 0 Å². The first-order valence-electron chi connectivity index (χ1n) is 6.90. The van der Waals surface area contributed by atoms with Crippen LogP contribution < -0.4 is 5.32 Å². The highest BCUT2D eigenvalue weighted by molar-refractivity contribution is 5.78. The Morgan fingerprint density at radius 2 is 2.11 bits per heavy atom. The van der Waals surface area contributed by atoms with Crippen LogP contribution in [0, 0.1) is 5.92 Å². The molecule has 102 valence electrons. The fourth-order valence-electron chi connectivity index (χ4n) is 2.35. The van der Waals surface area contributed by atoms with E-state index >= 15 is 0 Å². The summed E-state index contributed by atoms with van der Waals surface area (Å²) in [6.07, 6.45) is 6.95. The number of nitrogens with one attached hydrogen (secondary N) is 1. The first-order chi connectivity index (χ1) is 9.25. The number of aliphatic hydroxyl groups is 1. The lowest BCUT2D eigenvalue weighted by atomic mass is 9.93. The highest BCUT2D eigenvalue weighted by Crippen LogP contribution is 2.17. The Hall–Kier alpha value is -1.61. The number of aliphatic hydroxyl groups excluding tert-OH is 1. The highest BCUT2D eigenvalue weighted by Gasteiger charge is 2.19. The summed E-state index contributed by atoms with van der Waals surface area (Å²) in [5, 5.41) is 12.8. The van der Waals surface area contributed by atoms with Crippen molar-refractivity contribution in [3.8, 4) is 0 Å². The molecule has 1 aromatic carbocycles. The van der Waals surface area contributed by atoms with Crippen LogP contribution >= 0.6 is 0 Å². The van der Waals surface area contributed by atoms with Gasteiger partial charge in [0.1, 0.15) is 0 Å². The van der Waals surface area contributed by atoms with Crippen LogP contribution in [0.3, 0.4) is 0 Å². The van der Waals surface area contributed by atoms with Crippen molar-refractivity contribution in [2.75, 3.05) is 6.54 Å². The monoisotopic (exact) mass is 259 g/mol. The Balaban J connectivity index is 1.72. The van der Waals surface area contributed by atoms with Crippen molar-refractivity contribution in [1.82, 2.24) is 5.32 Å². The molecule has 1 amide bonds. The first-order valence-corrected chi connectivity index (χ1v) is 6.90. The molecule has 0 unspecified atom stereocenters. The summed E-state index contributed by atoms with van der Waals surface area (Å²) in [7, 11) is 0. The molecule has 2 N–H and O–H groups in total. The van der Waals surface area contributed by atoms with Crippen molar-refractivity contribution in [1.29, 1.82) is 0 Å². The molecule has 0 bridgehead atoms. The number of allylic oxidation sites excluding steroid dienone is 2. The molecule has 1 aromatic rings. The quantitative estimate of drug-likeness (QED) is 0.795. The predicted molar refractivity (Wildman–Crippen MR) is 75.6 cm³/mol. The zero-order chi connectivity index (χ0) is 13.5. The van der Waals surface area contributed by atoms with E-state index in [1.54, 1.807) is 0 Å². The Bertz CT molecular complexity index is 428. The molecular formula is C16H21NO2. The molecule has 19 heavy (non-hydrogen) atoms. The van der Waals surface area contributed by atoms with Crippen LogP contribution in [-0.2, 0) is 11.2 Å². The Morgan fingerprint density at radius 1 is 1.32 bits per heavy atom. The lowest BCUT2D eigenvalue weighted by Gasteiger charge is -2.18. The minimum absolute atomic E-state index is 0.0662. The Labute approximate surface area is 114 Å². The average Bonchev–Trinajstić information content (AvgIpc) is 2.47. The van der Waals surface area contributed by atoms with Crippen LogP contribution in [0.5, 0.6) is 0 Å². The standard InChI is InChI=1S/C16H21NO2/c18-15(11-13-7-3-1-4-8-13)12-17-16(19)14-9-5-2-6-10-14/h1-5,7-8,14-15,18H,6,9-12H2,(H,17,19)/t14-,15+/m0/s1. The van der Waals surface area contributed by atoms with Gasteiger partial charge in [-0.2, -0.15) is 0 Å². The third-order valence-corrected chi connectivity index (χ3v) is 3.47. The molecule has 0 spiro atoms. The van der Waals surface area contributed by atoms with Gasteiger partial charge < -0.3 is 10.4 Å². The average molecular weight is 259 g/mol. The number of rotatable bonds is 5. The van der Waals surface area contributed by atoms with Gasteiger partial charge in [0.05, 0.1) is 6.10 Å². The van der Waals surface area contributed by atoms with Crippen LogP contribution in [0.25, 0.3) is 0 Å². The summed E-state index contributed by atoms with van der Waals surface area (Å²) < 4.78 is 0. The van der Waals surface area contributed by atoms with Gasteiger partial charge in [0, 0.05) is 18.9 Å². The summed E-state index contributed by atoms with van der Waals surface area (Å²) in [4.78, 5) is 11.9. The molecule has 0 radical (unpaired) electrons. The smallest absolute Gasteiger partial charge is 0.223 e. The van der Waals surface area contributed by atoms with Crippen LogP contribution in [0.1, 0.15) is 24.8 Å². The molecule has 3 heteroatoms. The SMILES string of the molecule is O=C(NC[C@H](O)Cc1ccccc1)[C@H]1CC=CCC1. The Morgan fingerprint density at radius 3 is 2.79 bits per heavy atom. The zero-order valence-electron chi connectivity index (χ0n) is 11.1. The van der Waals surface area contributed by atoms with Crippen molar-refractivity contribution in [3.05, 3.63) is 48.0 Å². The van der Waals surface area contributed by atoms with Gasteiger partial charge in [-0.1, -0.05) is 42.5 Å². The fraction of sp³-hybridized carbons (Fsp3) is 0.438. The fourth-order valence-corrected chi connectivity index (χ4v) is 2.35. The number of carbonyl (C=O) groups excluding carboxylic acids is 1. The minimum atomic E-state index is -0.523. The van der Waals surface area contributed by atoms with Crippen molar-refractivity contribution < 1.29 is 9.90 Å². The molecule has 0 heterocycles. The molecule has 0 aromatic heterocycles. The van der Waals surface area contributed by atoms with Crippen LogP contribution in [0.2, 0.25) is 0 Å². The second-order valence-corrected chi connectivity index (χ2v) is 5.07. The van der Waals surface area contributed by atoms with Crippen molar-refractivity contribution >= 4 is 5.91 Å². The second kappa shape index (κ2) is 7.10. The van der Waals surface area contributed by atoms with E-state index in [0.717, 1.165) is 24.8 Å². The van der Waals surface area contributed by atoms with Crippen molar-refractivity contribution in [3.63, 3.8) is 0 Å². The van der Waals surface area contributed by atoms with Gasteiger partial charge in [0.2, 0.25) is 5.91 Å². The van der Waals surface area contributed by atoms with Gasteiger partial charge >= 0.3 is 0 Å². The lowest BCUT2D eigenvalue weighted by molar-refractivity contribution is -0.125. The molecule has 2 rings (SSSR count). The van der Waals surface area contributed by atoms with Crippen molar-refractivity contribution in [2.24, 2.45) is 5.92 Å².